The summed E-state index contributed by atoms with van der Waals surface area (Å²) in [5, 5.41) is 2.26. The van der Waals surface area contributed by atoms with Crippen molar-refractivity contribution < 1.29 is 28.7 Å². The van der Waals surface area contributed by atoms with E-state index in [0.29, 0.717) is 0 Å². The van der Waals surface area contributed by atoms with Crippen molar-refractivity contribution in [2.45, 2.75) is 45.4 Å². The van der Waals surface area contributed by atoms with Crippen molar-refractivity contribution in [1.82, 2.24) is 5.32 Å². The van der Waals surface area contributed by atoms with Gasteiger partial charge < -0.3 is 14.8 Å². The third-order valence-electron chi connectivity index (χ3n) is 2.73. The molecule has 0 saturated carbocycles. The summed E-state index contributed by atoms with van der Waals surface area (Å²) in [7, 11) is 0. The maximum absolute atomic E-state index is 12.1. The van der Waals surface area contributed by atoms with Crippen LogP contribution in [0.3, 0.4) is 0 Å². The predicted octanol–water partition coefficient (Wildman–Crippen LogP) is 1.78. The number of ketones is 1. The molecule has 1 aromatic carbocycles. The van der Waals surface area contributed by atoms with Crippen LogP contribution in [0.4, 0.5) is 4.79 Å². The van der Waals surface area contributed by atoms with Gasteiger partial charge in [-0.2, -0.15) is 0 Å². The number of nitrogens with one attached hydrogen (secondary N) is 1. The van der Waals surface area contributed by atoms with Crippen molar-refractivity contribution in [1.29, 1.82) is 0 Å². The van der Waals surface area contributed by atoms with Gasteiger partial charge >= 0.3 is 12.1 Å². The van der Waals surface area contributed by atoms with E-state index in [-0.39, 0.29) is 12.9 Å². The van der Waals surface area contributed by atoms with Crippen LogP contribution in [-0.2, 0) is 30.5 Å². The molecule has 0 aromatic heterocycles. The SMILES string of the molecule is CC(C)(C)OC(=O)[C@H](CC(=O)C=O)NC(=O)OCc1ccccc1. The van der Waals surface area contributed by atoms with Crippen LogP contribution in [0.15, 0.2) is 30.3 Å². The number of hydrogen-bond donors (Lipinski definition) is 1. The van der Waals surface area contributed by atoms with E-state index in [1.54, 1.807) is 45.0 Å². The molecule has 0 bridgehead atoms. The van der Waals surface area contributed by atoms with Crippen molar-refractivity contribution in [2.75, 3.05) is 0 Å². The Balaban J connectivity index is 2.65. The molecule has 0 aliphatic heterocycles. The van der Waals surface area contributed by atoms with Crippen LogP contribution in [0.25, 0.3) is 0 Å². The van der Waals surface area contributed by atoms with Gasteiger partial charge in [-0.05, 0) is 26.3 Å². The van der Waals surface area contributed by atoms with Gasteiger partial charge in [-0.3, -0.25) is 9.59 Å². The van der Waals surface area contributed by atoms with Gasteiger partial charge in [0.1, 0.15) is 18.2 Å². The zero-order valence-electron chi connectivity index (χ0n) is 13.9. The number of hydrogen-bond acceptors (Lipinski definition) is 6. The molecule has 0 aliphatic carbocycles. The molecule has 1 N–H and O–H groups in total. The first-order valence-corrected chi connectivity index (χ1v) is 7.39. The average molecular weight is 335 g/mol. The first kappa shape index (κ1) is 19.3. The second kappa shape index (κ2) is 8.81. The summed E-state index contributed by atoms with van der Waals surface area (Å²) in [6.45, 7) is 4.96. The van der Waals surface area contributed by atoms with Crippen molar-refractivity contribution in [3.05, 3.63) is 35.9 Å². The maximum Gasteiger partial charge on any atom is 0.408 e. The van der Waals surface area contributed by atoms with E-state index < -0.39 is 35.9 Å². The van der Waals surface area contributed by atoms with Crippen molar-refractivity contribution >= 4 is 24.1 Å². The minimum Gasteiger partial charge on any atom is -0.458 e. The summed E-state index contributed by atoms with van der Waals surface area (Å²) >= 11 is 0. The fourth-order valence-electron chi connectivity index (χ4n) is 1.72. The largest absolute Gasteiger partial charge is 0.458 e. The average Bonchev–Trinajstić information content (AvgIpc) is 2.51. The first-order chi connectivity index (χ1) is 11.2. The number of Topliss-reactive ketones (excluding diaryl/α,β-unsaturated/α-hetero) is 1. The number of carbonyl (C=O) groups is 4. The molecule has 1 rings (SSSR count). The minimum absolute atomic E-state index is 0.00926. The van der Waals surface area contributed by atoms with Gasteiger partial charge in [0.25, 0.3) is 0 Å². The van der Waals surface area contributed by atoms with Gasteiger partial charge in [0.15, 0.2) is 12.1 Å². The van der Waals surface area contributed by atoms with Gasteiger partial charge in [0.05, 0.1) is 0 Å². The Hall–Kier alpha value is -2.70. The number of carbonyl (C=O) groups excluding carboxylic acids is 4. The quantitative estimate of drug-likeness (QED) is 0.463. The molecule has 7 heteroatoms. The summed E-state index contributed by atoms with van der Waals surface area (Å²) in [6.07, 6.45) is -1.28. The Morgan fingerprint density at radius 2 is 1.79 bits per heavy atom. The van der Waals surface area contributed by atoms with Crippen molar-refractivity contribution in [3.8, 4) is 0 Å². The van der Waals surface area contributed by atoms with Crippen LogP contribution in [0.2, 0.25) is 0 Å². The molecule has 0 saturated heterocycles. The summed E-state index contributed by atoms with van der Waals surface area (Å²) in [5.41, 5.74) is -0.0275. The van der Waals surface area contributed by atoms with Crippen LogP contribution < -0.4 is 5.32 Å². The Labute approximate surface area is 140 Å². The predicted molar refractivity (Wildman–Crippen MR) is 85.1 cm³/mol. The highest BCUT2D eigenvalue weighted by Gasteiger charge is 2.29. The maximum atomic E-state index is 12.1. The third kappa shape index (κ3) is 7.53. The topological polar surface area (TPSA) is 98.8 Å². The Morgan fingerprint density at radius 1 is 1.17 bits per heavy atom. The van der Waals surface area contributed by atoms with Crippen LogP contribution in [0.5, 0.6) is 0 Å². The second-order valence-electron chi connectivity index (χ2n) is 6.08. The molecule has 1 amide bonds. The molecule has 130 valence electrons. The normalized spacial score (nSPS) is 12.0. The summed E-state index contributed by atoms with van der Waals surface area (Å²) < 4.78 is 10.1. The number of alkyl carbamates (subject to hydrolysis) is 1. The lowest BCUT2D eigenvalue weighted by Gasteiger charge is -2.23. The Bertz CT molecular complexity index is 591. The number of aldehydes is 1. The molecule has 0 unspecified atom stereocenters. The molecule has 0 spiro atoms. The lowest BCUT2D eigenvalue weighted by atomic mass is 10.1. The standard InChI is InChI=1S/C17H21NO6/c1-17(2,3)24-15(21)14(9-13(20)10-19)18-16(22)23-11-12-7-5-4-6-8-12/h4-8,10,14H,9,11H2,1-3H3,(H,18,22)/t14-/m0/s1. The first-order valence-electron chi connectivity index (χ1n) is 7.39. The van der Waals surface area contributed by atoms with E-state index in [1.807, 2.05) is 6.07 Å². The number of esters is 1. The second-order valence-corrected chi connectivity index (χ2v) is 6.08. The van der Waals surface area contributed by atoms with Gasteiger partial charge in [-0.1, -0.05) is 30.3 Å². The van der Waals surface area contributed by atoms with E-state index in [1.165, 1.54) is 0 Å². The van der Waals surface area contributed by atoms with E-state index in [4.69, 9.17) is 9.47 Å². The highest BCUT2D eigenvalue weighted by Crippen LogP contribution is 2.10. The van der Waals surface area contributed by atoms with E-state index in [0.717, 1.165) is 5.56 Å². The van der Waals surface area contributed by atoms with E-state index >= 15 is 0 Å². The van der Waals surface area contributed by atoms with Crippen molar-refractivity contribution in [2.24, 2.45) is 0 Å². The van der Waals surface area contributed by atoms with Gasteiger partial charge in [0.2, 0.25) is 0 Å². The molecule has 0 fully saturated rings. The highest BCUT2D eigenvalue weighted by atomic mass is 16.6. The molecule has 0 heterocycles. The number of rotatable bonds is 7. The number of ether oxygens (including phenoxy) is 2. The van der Waals surface area contributed by atoms with Gasteiger partial charge in [0, 0.05) is 6.42 Å². The van der Waals surface area contributed by atoms with Gasteiger partial charge in [-0.25, -0.2) is 9.59 Å². The molecule has 7 nitrogen and oxygen atoms in total. The summed E-state index contributed by atoms with van der Waals surface area (Å²) in [4.78, 5) is 45.7. The molecule has 1 aromatic rings. The van der Waals surface area contributed by atoms with Crippen LogP contribution in [-0.4, -0.2) is 35.8 Å². The zero-order valence-corrected chi connectivity index (χ0v) is 13.9. The lowest BCUT2D eigenvalue weighted by molar-refractivity contribution is -0.158. The summed E-state index contributed by atoms with van der Waals surface area (Å²) in [6, 6.07) is 7.67. The Morgan fingerprint density at radius 3 is 2.33 bits per heavy atom. The number of benzene rings is 1. The molecular formula is C17H21NO6. The zero-order chi connectivity index (χ0) is 18.2. The fraction of sp³-hybridized carbons (Fsp3) is 0.412. The smallest absolute Gasteiger partial charge is 0.408 e. The monoisotopic (exact) mass is 335 g/mol. The molecular weight excluding hydrogens is 314 g/mol. The molecule has 1 atom stereocenters. The van der Waals surface area contributed by atoms with Crippen LogP contribution >= 0.6 is 0 Å². The van der Waals surface area contributed by atoms with Gasteiger partial charge in [-0.15, -0.1) is 0 Å². The fourth-order valence-corrected chi connectivity index (χ4v) is 1.72. The number of amides is 1. The third-order valence-corrected chi connectivity index (χ3v) is 2.73. The van der Waals surface area contributed by atoms with Crippen LogP contribution in [0.1, 0.15) is 32.8 Å². The van der Waals surface area contributed by atoms with E-state index in [9.17, 15) is 19.2 Å². The molecule has 0 radical (unpaired) electrons. The molecule has 24 heavy (non-hydrogen) atoms. The van der Waals surface area contributed by atoms with Crippen molar-refractivity contribution in [3.63, 3.8) is 0 Å². The highest BCUT2D eigenvalue weighted by molar-refractivity contribution is 6.25. The van der Waals surface area contributed by atoms with Crippen LogP contribution in [0, 0.1) is 0 Å². The minimum atomic E-state index is -1.29. The summed E-state index contributed by atoms with van der Waals surface area (Å²) in [5.74, 6) is -1.64. The van der Waals surface area contributed by atoms with E-state index in [2.05, 4.69) is 5.32 Å². The Kier molecular flexibility index (Phi) is 7.10. The lowest BCUT2D eigenvalue weighted by Crippen LogP contribution is -2.45. The molecule has 0 aliphatic rings.